The van der Waals surface area contributed by atoms with Crippen molar-refractivity contribution in [3.05, 3.63) is 48.5 Å². The predicted molar refractivity (Wildman–Crippen MR) is 112 cm³/mol. The van der Waals surface area contributed by atoms with E-state index in [2.05, 4.69) is 5.32 Å². The average Bonchev–Trinajstić information content (AvgIpc) is 2.78. The lowest BCUT2D eigenvalue weighted by molar-refractivity contribution is -0.142. The van der Waals surface area contributed by atoms with Crippen LogP contribution in [0.1, 0.15) is 0 Å². The molecule has 3 amide bonds. The Bertz CT molecular complexity index is 899. The maximum atomic E-state index is 12.8. The normalized spacial score (nSPS) is 18.3. The van der Waals surface area contributed by atoms with Gasteiger partial charge in [-0.25, -0.2) is 4.79 Å². The Morgan fingerprint density at radius 3 is 2.38 bits per heavy atom. The first-order valence-corrected chi connectivity index (χ1v) is 10.7. The highest BCUT2D eigenvalue weighted by Crippen LogP contribution is 2.31. The number of carbonyl (C=O) groups excluding carboxylic acids is 2. The molecule has 2 aliphatic heterocycles. The number of fused-ring (bicyclic) bond motifs is 1. The molecule has 0 aliphatic carbocycles. The van der Waals surface area contributed by atoms with Crippen molar-refractivity contribution in [2.45, 2.75) is 11.0 Å². The third-order valence-electron chi connectivity index (χ3n) is 5.01. The fourth-order valence-electron chi connectivity index (χ4n) is 3.42. The summed E-state index contributed by atoms with van der Waals surface area (Å²) >= 11 is 1.59. The van der Waals surface area contributed by atoms with Crippen molar-refractivity contribution in [2.24, 2.45) is 0 Å². The van der Waals surface area contributed by atoms with Gasteiger partial charge in [-0.05, 0) is 30.5 Å². The molecular weight excluding hydrogens is 390 g/mol. The van der Waals surface area contributed by atoms with E-state index in [1.165, 1.54) is 0 Å². The number of hydrogen-bond donors (Lipinski definition) is 1. The molecule has 2 heterocycles. The number of carbonyl (C=O) groups is 2. The Kier molecular flexibility index (Phi) is 5.80. The molecule has 1 saturated heterocycles. The molecule has 2 aliphatic rings. The first-order valence-electron chi connectivity index (χ1n) is 9.52. The van der Waals surface area contributed by atoms with E-state index >= 15 is 0 Å². The number of ether oxygens (including phenoxy) is 2. The van der Waals surface area contributed by atoms with Crippen molar-refractivity contribution in [1.82, 2.24) is 9.80 Å². The fraction of sp³-hybridized carbons (Fsp3) is 0.333. The van der Waals surface area contributed by atoms with Crippen LogP contribution in [0.5, 0.6) is 11.5 Å². The van der Waals surface area contributed by atoms with E-state index in [4.69, 9.17) is 9.47 Å². The molecule has 29 heavy (non-hydrogen) atoms. The maximum absolute atomic E-state index is 12.8. The van der Waals surface area contributed by atoms with Gasteiger partial charge in [0.05, 0.1) is 5.69 Å². The quantitative estimate of drug-likeness (QED) is 0.784. The van der Waals surface area contributed by atoms with Crippen molar-refractivity contribution >= 4 is 29.4 Å². The van der Waals surface area contributed by atoms with Crippen molar-refractivity contribution < 1.29 is 19.1 Å². The van der Waals surface area contributed by atoms with E-state index in [9.17, 15) is 9.59 Å². The minimum atomic E-state index is -0.654. The summed E-state index contributed by atoms with van der Waals surface area (Å²) in [5.74, 6) is 1.14. The van der Waals surface area contributed by atoms with E-state index in [1.54, 1.807) is 27.6 Å². The van der Waals surface area contributed by atoms with Gasteiger partial charge in [0.1, 0.15) is 6.61 Å². The second-order valence-electron chi connectivity index (χ2n) is 6.81. The molecule has 0 saturated carbocycles. The van der Waals surface area contributed by atoms with Gasteiger partial charge >= 0.3 is 6.03 Å². The number of anilines is 1. The van der Waals surface area contributed by atoms with E-state index < -0.39 is 6.10 Å². The Balaban J connectivity index is 1.31. The topological polar surface area (TPSA) is 71.1 Å². The van der Waals surface area contributed by atoms with E-state index in [0.717, 1.165) is 10.6 Å². The first kappa shape index (κ1) is 19.4. The van der Waals surface area contributed by atoms with Gasteiger partial charge in [-0.3, -0.25) is 4.79 Å². The maximum Gasteiger partial charge on any atom is 0.321 e. The fourth-order valence-corrected chi connectivity index (χ4v) is 3.97. The van der Waals surface area contributed by atoms with Crippen LogP contribution in [0.4, 0.5) is 10.5 Å². The summed E-state index contributed by atoms with van der Waals surface area (Å²) in [7, 11) is 0. The van der Waals surface area contributed by atoms with Gasteiger partial charge < -0.3 is 24.6 Å². The number of amides is 3. The zero-order valence-corrected chi connectivity index (χ0v) is 17.0. The van der Waals surface area contributed by atoms with Crippen molar-refractivity contribution in [1.29, 1.82) is 0 Å². The number of urea groups is 1. The van der Waals surface area contributed by atoms with Gasteiger partial charge in [0.25, 0.3) is 5.91 Å². The number of hydrogen-bond acceptors (Lipinski definition) is 5. The third-order valence-corrected chi connectivity index (χ3v) is 5.81. The number of rotatable bonds is 3. The van der Waals surface area contributed by atoms with Crippen LogP contribution in [-0.4, -0.2) is 66.9 Å². The molecule has 1 N–H and O–H groups in total. The molecule has 8 heteroatoms. The van der Waals surface area contributed by atoms with Crippen LogP contribution in [-0.2, 0) is 4.79 Å². The number of piperazine rings is 1. The Labute approximate surface area is 174 Å². The number of nitrogens with one attached hydrogen (secondary N) is 1. The third kappa shape index (κ3) is 4.27. The second kappa shape index (κ2) is 8.65. The summed E-state index contributed by atoms with van der Waals surface area (Å²) in [5.41, 5.74) is 0.801. The van der Waals surface area contributed by atoms with Gasteiger partial charge in [-0.2, -0.15) is 0 Å². The predicted octanol–water partition coefficient (Wildman–Crippen LogP) is 2.92. The number of para-hydroxylation sites is 3. The Morgan fingerprint density at radius 2 is 1.62 bits per heavy atom. The highest BCUT2D eigenvalue weighted by Gasteiger charge is 2.33. The number of benzene rings is 2. The molecule has 0 bridgehead atoms. The minimum absolute atomic E-state index is 0.104. The SMILES string of the molecule is CSc1ccccc1NC(=O)N1CCN(C(=O)C2COc3ccccc3O2)CC1. The molecule has 1 unspecified atom stereocenters. The van der Waals surface area contributed by atoms with E-state index in [-0.39, 0.29) is 18.5 Å². The monoisotopic (exact) mass is 413 g/mol. The van der Waals surface area contributed by atoms with Crippen LogP contribution < -0.4 is 14.8 Å². The molecule has 2 aromatic carbocycles. The zero-order valence-electron chi connectivity index (χ0n) is 16.2. The first-order chi connectivity index (χ1) is 14.2. The van der Waals surface area contributed by atoms with Crippen LogP contribution in [0.25, 0.3) is 0 Å². The van der Waals surface area contributed by atoms with E-state index in [1.807, 2.05) is 48.7 Å². The molecule has 4 rings (SSSR count). The van der Waals surface area contributed by atoms with Crippen LogP contribution in [0.2, 0.25) is 0 Å². The van der Waals surface area contributed by atoms with Crippen LogP contribution >= 0.6 is 11.8 Å². The van der Waals surface area contributed by atoms with Gasteiger partial charge in [0.2, 0.25) is 6.10 Å². The summed E-state index contributed by atoms with van der Waals surface area (Å²) < 4.78 is 11.5. The Morgan fingerprint density at radius 1 is 0.966 bits per heavy atom. The van der Waals surface area contributed by atoms with Gasteiger partial charge in [0, 0.05) is 31.1 Å². The standard InChI is InChI=1S/C21H23N3O4S/c1-29-19-9-5-2-6-15(19)22-21(26)24-12-10-23(11-13-24)20(25)18-14-27-16-7-3-4-8-17(16)28-18/h2-9,18H,10-14H2,1H3,(H,22,26). The number of thioether (sulfide) groups is 1. The lowest BCUT2D eigenvalue weighted by atomic mass is 10.2. The molecule has 2 aromatic rings. The van der Waals surface area contributed by atoms with Crippen LogP contribution in [0.3, 0.4) is 0 Å². The average molecular weight is 413 g/mol. The summed E-state index contributed by atoms with van der Waals surface area (Å²) in [6, 6.07) is 14.9. The van der Waals surface area contributed by atoms with Crippen molar-refractivity contribution in [3.8, 4) is 11.5 Å². The zero-order chi connectivity index (χ0) is 20.2. The molecule has 1 atom stereocenters. The lowest BCUT2D eigenvalue weighted by Gasteiger charge is -2.37. The highest BCUT2D eigenvalue weighted by molar-refractivity contribution is 7.98. The molecule has 152 valence electrons. The van der Waals surface area contributed by atoms with Crippen LogP contribution in [0, 0.1) is 0 Å². The summed E-state index contributed by atoms with van der Waals surface area (Å²) in [6.07, 6.45) is 1.32. The largest absolute Gasteiger partial charge is 0.485 e. The minimum Gasteiger partial charge on any atom is -0.485 e. The van der Waals surface area contributed by atoms with Gasteiger partial charge in [-0.1, -0.05) is 24.3 Å². The van der Waals surface area contributed by atoms with Crippen molar-refractivity contribution in [2.75, 3.05) is 44.4 Å². The summed E-state index contributed by atoms with van der Waals surface area (Å²) in [4.78, 5) is 29.9. The van der Waals surface area contributed by atoms with Gasteiger partial charge in [0.15, 0.2) is 11.5 Å². The van der Waals surface area contributed by atoms with Crippen molar-refractivity contribution in [3.63, 3.8) is 0 Å². The molecule has 1 fully saturated rings. The van der Waals surface area contributed by atoms with Crippen LogP contribution in [0.15, 0.2) is 53.4 Å². The van der Waals surface area contributed by atoms with E-state index in [0.29, 0.717) is 37.7 Å². The highest BCUT2D eigenvalue weighted by atomic mass is 32.2. The summed E-state index contributed by atoms with van der Waals surface area (Å²) in [5, 5.41) is 2.97. The molecule has 0 spiro atoms. The molecule has 0 aromatic heterocycles. The molecular formula is C21H23N3O4S. The number of nitrogens with zero attached hydrogens (tertiary/aromatic N) is 2. The lowest BCUT2D eigenvalue weighted by Crippen LogP contribution is -2.55. The summed E-state index contributed by atoms with van der Waals surface area (Å²) in [6.45, 7) is 2.09. The smallest absolute Gasteiger partial charge is 0.321 e. The Hall–Kier alpha value is -2.87. The molecule has 7 nitrogen and oxygen atoms in total. The second-order valence-corrected chi connectivity index (χ2v) is 7.66. The molecule has 0 radical (unpaired) electrons. The van der Waals surface area contributed by atoms with Gasteiger partial charge in [-0.15, -0.1) is 11.8 Å².